The molecule has 1 aliphatic carbocycles. The number of rotatable bonds is 5. The van der Waals surface area contributed by atoms with Gasteiger partial charge in [-0.1, -0.05) is 0 Å². The van der Waals surface area contributed by atoms with Crippen molar-refractivity contribution in [3.8, 4) is 0 Å². The molecule has 9 heteroatoms. The van der Waals surface area contributed by atoms with Gasteiger partial charge in [-0.25, -0.2) is 9.59 Å². The van der Waals surface area contributed by atoms with Crippen molar-refractivity contribution in [3.63, 3.8) is 0 Å². The van der Waals surface area contributed by atoms with Crippen LogP contribution in [0, 0.1) is 6.92 Å². The topological polar surface area (TPSA) is 137 Å². The van der Waals surface area contributed by atoms with E-state index in [1.807, 2.05) is 0 Å². The van der Waals surface area contributed by atoms with Crippen molar-refractivity contribution < 1.29 is 18.7 Å². The summed E-state index contributed by atoms with van der Waals surface area (Å²) in [6.07, 6.45) is 2.82. The maximum Gasteiger partial charge on any atom is 0.342 e. The first kappa shape index (κ1) is 15.8. The summed E-state index contributed by atoms with van der Waals surface area (Å²) in [6.45, 7) is 0.909. The van der Waals surface area contributed by atoms with Gasteiger partial charge in [-0.2, -0.15) is 0 Å². The van der Waals surface area contributed by atoms with Crippen molar-refractivity contribution in [1.82, 2.24) is 9.55 Å². The molecule has 0 radical (unpaired) electrons. The number of nitrogens with zero attached hydrogens (tertiary/aromatic N) is 1. The predicted molar refractivity (Wildman–Crippen MR) is 82.1 cm³/mol. The van der Waals surface area contributed by atoms with Gasteiger partial charge in [0, 0.05) is 6.04 Å². The number of carbonyl (C=O) groups excluding carboxylic acids is 2. The number of hydrogen-bond acceptors (Lipinski definition) is 7. The summed E-state index contributed by atoms with van der Waals surface area (Å²) >= 11 is 0. The lowest BCUT2D eigenvalue weighted by Gasteiger charge is -2.11. The molecule has 0 aliphatic heterocycles. The summed E-state index contributed by atoms with van der Waals surface area (Å²) in [5.41, 5.74) is 4.09. The van der Waals surface area contributed by atoms with Gasteiger partial charge in [0.05, 0.1) is 6.26 Å². The Balaban J connectivity index is 1.82. The van der Waals surface area contributed by atoms with E-state index >= 15 is 0 Å². The molecule has 1 saturated carbocycles. The van der Waals surface area contributed by atoms with E-state index in [1.54, 1.807) is 6.92 Å². The van der Waals surface area contributed by atoms with Gasteiger partial charge >= 0.3 is 11.7 Å². The van der Waals surface area contributed by atoms with Crippen LogP contribution in [0.15, 0.2) is 26.3 Å². The van der Waals surface area contributed by atoms with E-state index in [-0.39, 0.29) is 23.0 Å². The standard InChI is InChI=1S/C15H15N3O6/c1-7-9(4-5-23-7)14(21)24-6-10(19)11-12(16)18(8-2-3-8)15(22)17-13(11)20/h4-5,8H,2-3,6,16H2,1H3,(H,17,20,22). The monoisotopic (exact) mass is 333 g/mol. The molecule has 0 amide bonds. The third-order valence-electron chi connectivity index (χ3n) is 3.79. The number of ketones is 1. The minimum Gasteiger partial charge on any atom is -0.469 e. The molecular formula is C15H15N3O6. The van der Waals surface area contributed by atoms with Crippen LogP contribution in [0.5, 0.6) is 0 Å². The van der Waals surface area contributed by atoms with Crippen LogP contribution in [0.4, 0.5) is 5.82 Å². The fraction of sp³-hybridized carbons (Fsp3) is 0.333. The van der Waals surface area contributed by atoms with E-state index in [1.165, 1.54) is 16.9 Å². The fourth-order valence-electron chi connectivity index (χ4n) is 2.41. The minimum absolute atomic E-state index is 0.114. The van der Waals surface area contributed by atoms with Gasteiger partial charge in [-0.05, 0) is 25.8 Å². The van der Waals surface area contributed by atoms with Crippen LogP contribution in [0.3, 0.4) is 0 Å². The van der Waals surface area contributed by atoms with Gasteiger partial charge in [0.2, 0.25) is 5.78 Å². The maximum absolute atomic E-state index is 12.2. The van der Waals surface area contributed by atoms with Gasteiger partial charge in [0.15, 0.2) is 6.61 Å². The number of aryl methyl sites for hydroxylation is 1. The van der Waals surface area contributed by atoms with Crippen molar-refractivity contribution >= 4 is 17.6 Å². The Bertz CT molecular complexity index is 931. The van der Waals surface area contributed by atoms with Crippen LogP contribution in [0.1, 0.15) is 45.4 Å². The molecule has 3 rings (SSSR count). The van der Waals surface area contributed by atoms with Crippen LogP contribution in [0.25, 0.3) is 0 Å². The highest BCUT2D eigenvalue weighted by Crippen LogP contribution is 2.35. The Morgan fingerprint density at radius 2 is 2.12 bits per heavy atom. The molecule has 9 nitrogen and oxygen atoms in total. The number of Topliss-reactive ketones (excluding diaryl/α,β-unsaturated/α-hetero) is 1. The number of hydrogen-bond donors (Lipinski definition) is 2. The quantitative estimate of drug-likeness (QED) is 0.596. The number of nitrogens with one attached hydrogen (secondary N) is 1. The Labute approximate surface area is 135 Å². The average Bonchev–Trinajstić information content (AvgIpc) is 3.24. The Kier molecular flexibility index (Phi) is 3.84. The minimum atomic E-state index is -0.894. The highest BCUT2D eigenvalue weighted by Gasteiger charge is 2.30. The summed E-state index contributed by atoms with van der Waals surface area (Å²) in [6, 6.07) is 1.30. The highest BCUT2D eigenvalue weighted by molar-refractivity contribution is 6.02. The number of nitrogen functional groups attached to an aromatic ring is 1. The SMILES string of the molecule is Cc1occc1C(=O)OCC(=O)c1c(N)n(C2CC2)c(=O)[nH]c1=O. The zero-order valence-electron chi connectivity index (χ0n) is 12.8. The third-order valence-corrected chi connectivity index (χ3v) is 3.79. The van der Waals surface area contributed by atoms with E-state index in [4.69, 9.17) is 14.9 Å². The summed E-state index contributed by atoms with van der Waals surface area (Å²) < 4.78 is 11.1. The van der Waals surface area contributed by atoms with Crippen LogP contribution in [-0.4, -0.2) is 27.9 Å². The van der Waals surface area contributed by atoms with Crippen molar-refractivity contribution in [1.29, 1.82) is 0 Å². The number of furan rings is 1. The fourth-order valence-corrected chi connectivity index (χ4v) is 2.41. The van der Waals surface area contributed by atoms with Crippen LogP contribution < -0.4 is 17.0 Å². The number of H-pyrrole nitrogens is 1. The van der Waals surface area contributed by atoms with Gasteiger partial charge in [-0.15, -0.1) is 0 Å². The second kappa shape index (κ2) is 5.84. The third kappa shape index (κ3) is 2.75. The number of anilines is 1. The number of esters is 1. The second-order valence-electron chi connectivity index (χ2n) is 5.51. The molecule has 126 valence electrons. The normalized spacial score (nSPS) is 13.7. The Morgan fingerprint density at radius 1 is 1.42 bits per heavy atom. The largest absolute Gasteiger partial charge is 0.469 e. The average molecular weight is 333 g/mol. The lowest BCUT2D eigenvalue weighted by Crippen LogP contribution is -2.36. The van der Waals surface area contributed by atoms with Crippen LogP contribution in [-0.2, 0) is 4.74 Å². The highest BCUT2D eigenvalue weighted by atomic mass is 16.5. The van der Waals surface area contributed by atoms with Gasteiger partial charge in [0.1, 0.15) is 22.7 Å². The first-order valence-corrected chi connectivity index (χ1v) is 7.29. The van der Waals surface area contributed by atoms with Gasteiger partial charge in [-0.3, -0.25) is 19.1 Å². The van der Waals surface area contributed by atoms with E-state index in [0.29, 0.717) is 5.76 Å². The molecule has 2 aromatic heterocycles. The van der Waals surface area contributed by atoms with Gasteiger partial charge in [0.25, 0.3) is 5.56 Å². The van der Waals surface area contributed by atoms with Crippen LogP contribution in [0.2, 0.25) is 0 Å². The molecule has 0 atom stereocenters. The number of nitrogens with two attached hydrogens (primary N) is 1. The molecule has 0 aromatic carbocycles. The molecule has 1 aliphatic rings. The van der Waals surface area contributed by atoms with E-state index in [9.17, 15) is 19.2 Å². The lowest BCUT2D eigenvalue weighted by atomic mass is 10.2. The zero-order chi connectivity index (χ0) is 17.4. The van der Waals surface area contributed by atoms with Crippen molar-refractivity contribution in [2.45, 2.75) is 25.8 Å². The smallest absolute Gasteiger partial charge is 0.342 e. The number of aromatic amines is 1. The molecule has 0 bridgehead atoms. The van der Waals surface area contributed by atoms with Crippen LogP contribution >= 0.6 is 0 Å². The molecule has 0 unspecified atom stereocenters. The molecule has 3 N–H and O–H groups in total. The van der Waals surface area contributed by atoms with E-state index < -0.39 is 29.6 Å². The molecule has 1 fully saturated rings. The first-order valence-electron chi connectivity index (χ1n) is 7.29. The zero-order valence-corrected chi connectivity index (χ0v) is 12.8. The van der Waals surface area contributed by atoms with Crippen molar-refractivity contribution in [3.05, 3.63) is 50.1 Å². The summed E-state index contributed by atoms with van der Waals surface area (Å²) in [5, 5.41) is 0. The molecule has 2 heterocycles. The first-order chi connectivity index (χ1) is 11.4. The predicted octanol–water partition coefficient (Wildman–Crippen LogP) is 0.395. The lowest BCUT2D eigenvalue weighted by molar-refractivity contribution is 0.0472. The van der Waals surface area contributed by atoms with E-state index in [2.05, 4.69) is 4.98 Å². The van der Waals surface area contributed by atoms with Crippen molar-refractivity contribution in [2.75, 3.05) is 12.3 Å². The summed E-state index contributed by atoms with van der Waals surface area (Å²) in [7, 11) is 0. The molecular weight excluding hydrogens is 318 g/mol. The summed E-state index contributed by atoms with van der Waals surface area (Å²) in [5.74, 6) is -1.38. The molecule has 0 saturated heterocycles. The molecule has 24 heavy (non-hydrogen) atoms. The Hall–Kier alpha value is -3.10. The number of ether oxygens (including phenoxy) is 1. The van der Waals surface area contributed by atoms with Gasteiger partial charge < -0.3 is 14.9 Å². The van der Waals surface area contributed by atoms with Crippen molar-refractivity contribution in [2.24, 2.45) is 0 Å². The number of aromatic nitrogens is 2. The molecule has 0 spiro atoms. The Morgan fingerprint density at radius 3 is 2.71 bits per heavy atom. The second-order valence-corrected chi connectivity index (χ2v) is 5.51. The maximum atomic E-state index is 12.2. The number of carbonyl (C=O) groups is 2. The molecule has 2 aromatic rings. The summed E-state index contributed by atoms with van der Waals surface area (Å²) in [4.78, 5) is 49.9. The van der Waals surface area contributed by atoms with E-state index in [0.717, 1.165) is 12.8 Å².